The van der Waals surface area contributed by atoms with E-state index in [9.17, 15) is 8.42 Å². The zero-order valence-electron chi connectivity index (χ0n) is 12.2. The first-order valence-corrected chi connectivity index (χ1v) is 8.58. The molecule has 0 N–H and O–H groups in total. The topological polar surface area (TPSA) is 46.6 Å². The molecule has 0 fully saturated rings. The van der Waals surface area contributed by atoms with Gasteiger partial charge < -0.3 is 4.74 Å². The number of benzene rings is 1. The van der Waals surface area contributed by atoms with Gasteiger partial charge >= 0.3 is 0 Å². The molecule has 6 heteroatoms. The van der Waals surface area contributed by atoms with Crippen LogP contribution in [0.1, 0.15) is 19.4 Å². The molecule has 0 bridgehead atoms. The highest BCUT2D eigenvalue weighted by molar-refractivity contribution is 7.89. The van der Waals surface area contributed by atoms with Crippen molar-refractivity contribution in [1.29, 1.82) is 0 Å². The second-order valence-corrected chi connectivity index (χ2v) is 7.25. The quantitative estimate of drug-likeness (QED) is 0.692. The molecule has 20 heavy (non-hydrogen) atoms. The van der Waals surface area contributed by atoms with Crippen LogP contribution in [0.2, 0.25) is 0 Å². The minimum absolute atomic E-state index is 0.0981. The SMILES string of the molecule is CC(C)OCCN(C)S(=O)(=O)c1ccc(CCCl)cc1. The van der Waals surface area contributed by atoms with Crippen molar-refractivity contribution in [3.8, 4) is 0 Å². The summed E-state index contributed by atoms with van der Waals surface area (Å²) in [7, 11) is -1.89. The number of nitrogens with zero attached hydrogens (tertiary/aromatic N) is 1. The van der Waals surface area contributed by atoms with Gasteiger partial charge in [0.05, 0.1) is 17.6 Å². The highest BCUT2D eigenvalue weighted by Gasteiger charge is 2.20. The van der Waals surface area contributed by atoms with E-state index in [1.807, 2.05) is 13.8 Å². The van der Waals surface area contributed by atoms with E-state index in [-0.39, 0.29) is 6.10 Å². The van der Waals surface area contributed by atoms with Gasteiger partial charge in [-0.05, 0) is 38.0 Å². The summed E-state index contributed by atoms with van der Waals surface area (Å²) in [5, 5.41) is 0. The van der Waals surface area contributed by atoms with Crippen molar-refractivity contribution in [2.24, 2.45) is 0 Å². The number of hydrogen-bond donors (Lipinski definition) is 0. The molecule has 0 saturated heterocycles. The molecular formula is C14H22ClNO3S. The minimum atomic E-state index is -3.45. The lowest BCUT2D eigenvalue weighted by molar-refractivity contribution is 0.0737. The van der Waals surface area contributed by atoms with Gasteiger partial charge in [-0.1, -0.05) is 12.1 Å². The van der Waals surface area contributed by atoms with Crippen molar-refractivity contribution in [1.82, 2.24) is 4.31 Å². The number of sulfonamides is 1. The maximum atomic E-state index is 12.3. The van der Waals surface area contributed by atoms with Crippen LogP contribution in [0, 0.1) is 0 Å². The van der Waals surface area contributed by atoms with E-state index in [4.69, 9.17) is 16.3 Å². The summed E-state index contributed by atoms with van der Waals surface area (Å²) >= 11 is 5.66. The van der Waals surface area contributed by atoms with Gasteiger partial charge in [-0.3, -0.25) is 0 Å². The van der Waals surface area contributed by atoms with Crippen LogP contribution in [-0.2, 0) is 21.2 Å². The largest absolute Gasteiger partial charge is 0.377 e. The minimum Gasteiger partial charge on any atom is -0.377 e. The summed E-state index contributed by atoms with van der Waals surface area (Å²) in [6, 6.07) is 6.84. The van der Waals surface area contributed by atoms with E-state index >= 15 is 0 Å². The number of rotatable bonds is 8. The van der Waals surface area contributed by atoms with Crippen molar-refractivity contribution < 1.29 is 13.2 Å². The molecule has 0 aliphatic heterocycles. The molecule has 114 valence electrons. The van der Waals surface area contributed by atoms with Crippen LogP contribution in [0.15, 0.2) is 29.2 Å². The Morgan fingerprint density at radius 1 is 1.25 bits per heavy atom. The average Bonchev–Trinajstić information content (AvgIpc) is 2.39. The molecule has 1 aromatic rings. The molecule has 0 aliphatic carbocycles. The fourth-order valence-corrected chi connectivity index (χ4v) is 3.03. The molecule has 0 radical (unpaired) electrons. The highest BCUT2D eigenvalue weighted by Crippen LogP contribution is 2.15. The first-order chi connectivity index (χ1) is 9.37. The van der Waals surface area contributed by atoms with Crippen LogP contribution in [0.3, 0.4) is 0 Å². The van der Waals surface area contributed by atoms with Gasteiger partial charge in [-0.25, -0.2) is 8.42 Å². The lowest BCUT2D eigenvalue weighted by Crippen LogP contribution is -2.30. The van der Waals surface area contributed by atoms with E-state index < -0.39 is 10.0 Å². The van der Waals surface area contributed by atoms with E-state index in [1.54, 1.807) is 31.3 Å². The van der Waals surface area contributed by atoms with Crippen molar-refractivity contribution in [2.75, 3.05) is 26.1 Å². The van der Waals surface area contributed by atoms with Crippen LogP contribution in [0.4, 0.5) is 0 Å². The van der Waals surface area contributed by atoms with Gasteiger partial charge in [-0.2, -0.15) is 4.31 Å². The van der Waals surface area contributed by atoms with Gasteiger partial charge in [0.15, 0.2) is 0 Å². The monoisotopic (exact) mass is 319 g/mol. The summed E-state index contributed by atoms with van der Waals surface area (Å²) in [5.41, 5.74) is 1.03. The van der Waals surface area contributed by atoms with Gasteiger partial charge in [0.1, 0.15) is 0 Å². The zero-order valence-corrected chi connectivity index (χ0v) is 13.7. The maximum absolute atomic E-state index is 12.3. The van der Waals surface area contributed by atoms with E-state index in [0.29, 0.717) is 23.9 Å². The van der Waals surface area contributed by atoms with E-state index in [2.05, 4.69) is 0 Å². The van der Waals surface area contributed by atoms with Crippen molar-refractivity contribution in [2.45, 2.75) is 31.3 Å². The predicted molar refractivity (Wildman–Crippen MR) is 81.8 cm³/mol. The zero-order chi connectivity index (χ0) is 15.2. The number of halogens is 1. The molecule has 1 aromatic carbocycles. The Hall–Kier alpha value is -0.620. The van der Waals surface area contributed by atoms with Gasteiger partial charge in [0.25, 0.3) is 0 Å². The van der Waals surface area contributed by atoms with E-state index in [1.165, 1.54) is 4.31 Å². The van der Waals surface area contributed by atoms with Crippen LogP contribution in [-0.4, -0.2) is 44.9 Å². The third-order valence-electron chi connectivity index (χ3n) is 2.87. The maximum Gasteiger partial charge on any atom is 0.242 e. The van der Waals surface area contributed by atoms with Crippen molar-refractivity contribution in [3.63, 3.8) is 0 Å². The Bertz CT molecular complexity index is 500. The summed E-state index contributed by atoms with van der Waals surface area (Å²) in [5.74, 6) is 0.526. The van der Waals surface area contributed by atoms with Crippen LogP contribution < -0.4 is 0 Å². The summed E-state index contributed by atoms with van der Waals surface area (Å²) in [6.45, 7) is 4.57. The van der Waals surface area contributed by atoms with Gasteiger partial charge in [0, 0.05) is 19.5 Å². The van der Waals surface area contributed by atoms with Crippen molar-refractivity contribution in [3.05, 3.63) is 29.8 Å². The Kier molecular flexibility index (Phi) is 6.95. The number of ether oxygens (including phenoxy) is 1. The molecule has 0 amide bonds. The summed E-state index contributed by atoms with van der Waals surface area (Å²) in [4.78, 5) is 0.294. The highest BCUT2D eigenvalue weighted by atomic mass is 35.5. The summed E-state index contributed by atoms with van der Waals surface area (Å²) < 4.78 is 31.3. The lowest BCUT2D eigenvalue weighted by atomic mass is 10.2. The summed E-state index contributed by atoms with van der Waals surface area (Å²) in [6.07, 6.45) is 0.834. The first-order valence-electron chi connectivity index (χ1n) is 6.60. The normalized spacial score (nSPS) is 12.3. The fourth-order valence-electron chi connectivity index (χ4n) is 1.65. The standard InChI is InChI=1S/C14H22ClNO3S/c1-12(2)19-11-10-16(3)20(17,18)14-6-4-13(5-7-14)8-9-15/h4-7,12H,8-11H2,1-3H3. The van der Waals surface area contributed by atoms with Crippen molar-refractivity contribution >= 4 is 21.6 Å². The number of hydrogen-bond acceptors (Lipinski definition) is 3. The molecule has 0 heterocycles. The Morgan fingerprint density at radius 2 is 1.85 bits per heavy atom. The number of aryl methyl sites for hydroxylation is 1. The molecule has 0 spiro atoms. The van der Waals surface area contributed by atoms with Crippen LogP contribution in [0.5, 0.6) is 0 Å². The van der Waals surface area contributed by atoms with Gasteiger partial charge in [0.2, 0.25) is 10.0 Å². The molecule has 1 rings (SSSR count). The Morgan fingerprint density at radius 3 is 2.35 bits per heavy atom. The second kappa shape index (κ2) is 7.98. The van der Waals surface area contributed by atoms with E-state index in [0.717, 1.165) is 12.0 Å². The lowest BCUT2D eigenvalue weighted by Gasteiger charge is -2.18. The average molecular weight is 320 g/mol. The molecule has 0 aromatic heterocycles. The van der Waals surface area contributed by atoms with Crippen LogP contribution in [0.25, 0.3) is 0 Å². The fraction of sp³-hybridized carbons (Fsp3) is 0.571. The molecule has 4 nitrogen and oxygen atoms in total. The smallest absolute Gasteiger partial charge is 0.242 e. The Balaban J connectivity index is 2.71. The number of likely N-dealkylation sites (N-methyl/N-ethyl adjacent to an activating group) is 1. The molecule has 0 aliphatic rings. The van der Waals surface area contributed by atoms with Crippen LogP contribution >= 0.6 is 11.6 Å². The Labute approximate surface area is 126 Å². The molecule has 0 atom stereocenters. The predicted octanol–water partition coefficient (Wildman–Crippen LogP) is 2.51. The molecule has 0 unspecified atom stereocenters. The third-order valence-corrected chi connectivity index (χ3v) is 4.93. The first kappa shape index (κ1) is 17.4. The molecule has 0 saturated carbocycles. The van der Waals surface area contributed by atoms with Gasteiger partial charge in [-0.15, -0.1) is 11.6 Å². The second-order valence-electron chi connectivity index (χ2n) is 4.83. The third kappa shape index (κ3) is 5.05. The number of alkyl halides is 1. The molecular weight excluding hydrogens is 298 g/mol.